The molecule has 0 radical (unpaired) electrons. The fraction of sp³-hybridized carbons (Fsp3) is 0.733. The van der Waals surface area contributed by atoms with E-state index in [4.69, 9.17) is 4.98 Å². The van der Waals surface area contributed by atoms with E-state index >= 15 is 0 Å². The molecule has 0 unspecified atom stereocenters. The molecule has 190 valence electrons. The molecule has 1 heterocycles. The van der Waals surface area contributed by atoms with Gasteiger partial charge in [0.05, 0.1) is 17.6 Å². The molecule has 0 bridgehead atoms. The van der Waals surface area contributed by atoms with Gasteiger partial charge in [-0.05, 0) is 31.4 Å². The van der Waals surface area contributed by atoms with Crippen molar-refractivity contribution in [2.75, 3.05) is 0 Å². The summed E-state index contributed by atoms with van der Waals surface area (Å²) in [4.78, 5) is 16.9. The van der Waals surface area contributed by atoms with E-state index in [-0.39, 0.29) is 11.8 Å². The van der Waals surface area contributed by atoms with Crippen molar-refractivity contribution in [3.63, 3.8) is 0 Å². The molecule has 0 aliphatic heterocycles. The zero-order valence-corrected chi connectivity index (χ0v) is 21.8. The molecular formula is C30H49N3O. The van der Waals surface area contributed by atoms with E-state index in [1.54, 1.807) is 0 Å². The van der Waals surface area contributed by atoms with Crippen LogP contribution >= 0.6 is 0 Å². The van der Waals surface area contributed by atoms with Gasteiger partial charge < -0.3 is 9.88 Å². The minimum atomic E-state index is 0.195. The van der Waals surface area contributed by atoms with Crippen LogP contribution in [0.4, 0.5) is 0 Å². The molecule has 1 aliphatic carbocycles. The SMILES string of the molecule is CCCCCCCCCCCCCCCCCCn1c(CNC(=O)C2CC2)nc2ccccc21. The van der Waals surface area contributed by atoms with Crippen LogP contribution in [0.15, 0.2) is 24.3 Å². The summed E-state index contributed by atoms with van der Waals surface area (Å²) in [6.07, 6.45) is 24.3. The van der Waals surface area contributed by atoms with Crippen LogP contribution in [0.25, 0.3) is 11.0 Å². The second-order valence-electron chi connectivity index (χ2n) is 10.5. The molecule has 1 N–H and O–H groups in total. The molecule has 1 aliphatic rings. The third-order valence-electron chi connectivity index (χ3n) is 7.34. The van der Waals surface area contributed by atoms with Gasteiger partial charge in [0.25, 0.3) is 0 Å². The zero-order chi connectivity index (χ0) is 23.8. The largest absolute Gasteiger partial charge is 0.349 e. The van der Waals surface area contributed by atoms with Gasteiger partial charge in [-0.25, -0.2) is 4.98 Å². The molecule has 0 atom stereocenters. The number of hydrogen-bond acceptors (Lipinski definition) is 2. The van der Waals surface area contributed by atoms with Gasteiger partial charge in [0.1, 0.15) is 5.82 Å². The summed E-state index contributed by atoms with van der Waals surface area (Å²) in [6.45, 7) is 3.83. The topological polar surface area (TPSA) is 46.9 Å². The second-order valence-corrected chi connectivity index (χ2v) is 10.5. The number of fused-ring (bicyclic) bond motifs is 1. The van der Waals surface area contributed by atoms with Gasteiger partial charge in [-0.3, -0.25) is 4.79 Å². The van der Waals surface area contributed by atoms with Crippen molar-refractivity contribution in [3.05, 3.63) is 30.1 Å². The summed E-state index contributed by atoms with van der Waals surface area (Å²) in [5, 5.41) is 3.10. The number of imidazole rings is 1. The minimum absolute atomic E-state index is 0.195. The molecule has 34 heavy (non-hydrogen) atoms. The van der Waals surface area contributed by atoms with Gasteiger partial charge in [-0.2, -0.15) is 0 Å². The third-order valence-corrected chi connectivity index (χ3v) is 7.34. The number of nitrogens with one attached hydrogen (secondary N) is 1. The number of rotatable bonds is 20. The smallest absolute Gasteiger partial charge is 0.223 e. The van der Waals surface area contributed by atoms with Gasteiger partial charge in [0.15, 0.2) is 0 Å². The number of carbonyl (C=O) groups excluding carboxylic acids is 1. The Balaban J connectivity index is 1.22. The standard InChI is InChI=1S/C30H49N3O/c1-2-3-4-5-6-7-8-9-10-11-12-13-14-15-16-19-24-33-28-21-18-17-20-27(28)32-29(33)25-31-30(34)26-22-23-26/h17-18,20-21,26H,2-16,19,22-25H2,1H3,(H,31,34). The van der Waals surface area contributed by atoms with E-state index in [1.807, 2.05) is 6.07 Å². The van der Waals surface area contributed by atoms with Crippen LogP contribution in [0, 0.1) is 5.92 Å². The fourth-order valence-corrected chi connectivity index (χ4v) is 4.98. The molecule has 0 saturated heterocycles. The number of benzene rings is 1. The van der Waals surface area contributed by atoms with Crippen molar-refractivity contribution in [1.82, 2.24) is 14.9 Å². The highest BCUT2D eigenvalue weighted by molar-refractivity contribution is 5.81. The number of amides is 1. The van der Waals surface area contributed by atoms with E-state index in [9.17, 15) is 4.79 Å². The summed E-state index contributed by atoms with van der Waals surface area (Å²) >= 11 is 0. The third kappa shape index (κ3) is 9.80. The Labute approximate surface area is 208 Å². The van der Waals surface area contributed by atoms with Gasteiger partial charge in [-0.15, -0.1) is 0 Å². The molecular weight excluding hydrogens is 418 g/mol. The minimum Gasteiger partial charge on any atom is -0.349 e. The highest BCUT2D eigenvalue weighted by Crippen LogP contribution is 2.29. The molecule has 3 rings (SSSR count). The molecule has 4 heteroatoms. The van der Waals surface area contributed by atoms with Crippen LogP contribution < -0.4 is 5.32 Å². The Bertz CT molecular complexity index is 824. The van der Waals surface area contributed by atoms with E-state index < -0.39 is 0 Å². The first kappa shape index (κ1) is 26.8. The van der Waals surface area contributed by atoms with Crippen LogP contribution in [-0.4, -0.2) is 15.5 Å². The molecule has 1 fully saturated rings. The lowest BCUT2D eigenvalue weighted by Gasteiger charge is -2.10. The number of nitrogens with zero attached hydrogens (tertiary/aromatic N) is 2. The zero-order valence-electron chi connectivity index (χ0n) is 21.8. The maximum atomic E-state index is 12.1. The lowest BCUT2D eigenvalue weighted by molar-refractivity contribution is -0.122. The maximum Gasteiger partial charge on any atom is 0.223 e. The quantitative estimate of drug-likeness (QED) is 0.199. The Morgan fingerprint density at radius 1 is 0.824 bits per heavy atom. The lowest BCUT2D eigenvalue weighted by Crippen LogP contribution is -2.26. The highest BCUT2D eigenvalue weighted by atomic mass is 16.2. The summed E-state index contributed by atoms with van der Waals surface area (Å²) in [6, 6.07) is 8.36. The monoisotopic (exact) mass is 467 g/mol. The maximum absolute atomic E-state index is 12.1. The number of aromatic nitrogens is 2. The number of carbonyl (C=O) groups is 1. The van der Waals surface area contributed by atoms with Crippen molar-refractivity contribution < 1.29 is 4.79 Å². The molecule has 1 saturated carbocycles. The van der Waals surface area contributed by atoms with Crippen molar-refractivity contribution in [2.24, 2.45) is 5.92 Å². The molecule has 1 aromatic heterocycles. The molecule has 1 amide bonds. The van der Waals surface area contributed by atoms with Gasteiger partial charge in [0, 0.05) is 12.5 Å². The van der Waals surface area contributed by atoms with Gasteiger partial charge >= 0.3 is 0 Å². The first-order valence-electron chi connectivity index (χ1n) is 14.5. The summed E-state index contributed by atoms with van der Waals surface area (Å²) in [5.41, 5.74) is 2.23. The van der Waals surface area contributed by atoms with Crippen molar-refractivity contribution in [1.29, 1.82) is 0 Å². The Morgan fingerprint density at radius 2 is 1.35 bits per heavy atom. The van der Waals surface area contributed by atoms with Crippen LogP contribution in [0.1, 0.15) is 128 Å². The van der Waals surface area contributed by atoms with E-state index in [1.165, 1.54) is 108 Å². The molecule has 1 aromatic carbocycles. The second kappa shape index (κ2) is 15.9. The Morgan fingerprint density at radius 3 is 1.91 bits per heavy atom. The van der Waals surface area contributed by atoms with Crippen LogP contribution in [-0.2, 0) is 17.9 Å². The number of aryl methyl sites for hydroxylation is 1. The predicted molar refractivity (Wildman–Crippen MR) is 144 cm³/mol. The summed E-state index contributed by atoms with van der Waals surface area (Å²) in [7, 11) is 0. The first-order valence-corrected chi connectivity index (χ1v) is 14.5. The number of unbranched alkanes of at least 4 members (excludes halogenated alkanes) is 15. The number of para-hydroxylation sites is 2. The van der Waals surface area contributed by atoms with Crippen molar-refractivity contribution in [3.8, 4) is 0 Å². The van der Waals surface area contributed by atoms with E-state index in [0.29, 0.717) is 6.54 Å². The van der Waals surface area contributed by atoms with Crippen LogP contribution in [0.5, 0.6) is 0 Å². The number of hydrogen-bond donors (Lipinski definition) is 1. The fourth-order valence-electron chi connectivity index (χ4n) is 4.98. The van der Waals surface area contributed by atoms with Crippen molar-refractivity contribution in [2.45, 2.75) is 136 Å². The summed E-state index contributed by atoms with van der Waals surface area (Å²) < 4.78 is 2.33. The predicted octanol–water partition coefficient (Wildman–Crippen LogP) is 8.32. The average Bonchev–Trinajstić information content (AvgIpc) is 3.65. The van der Waals surface area contributed by atoms with Gasteiger partial charge in [0.2, 0.25) is 5.91 Å². The average molecular weight is 468 g/mol. The molecule has 4 nitrogen and oxygen atoms in total. The van der Waals surface area contributed by atoms with Crippen LogP contribution in [0.2, 0.25) is 0 Å². The first-order chi connectivity index (χ1) is 16.8. The van der Waals surface area contributed by atoms with E-state index in [2.05, 4.69) is 35.0 Å². The van der Waals surface area contributed by atoms with Crippen molar-refractivity contribution >= 4 is 16.9 Å². The Hall–Kier alpha value is -1.84. The van der Waals surface area contributed by atoms with E-state index in [0.717, 1.165) is 30.7 Å². The van der Waals surface area contributed by atoms with Crippen LogP contribution in [0.3, 0.4) is 0 Å². The molecule has 0 spiro atoms. The normalized spacial score (nSPS) is 13.6. The lowest BCUT2D eigenvalue weighted by atomic mass is 10.0. The molecule has 2 aromatic rings. The Kier molecular flexibility index (Phi) is 12.6. The summed E-state index contributed by atoms with van der Waals surface area (Å²) in [5.74, 6) is 1.44. The highest BCUT2D eigenvalue weighted by Gasteiger charge is 2.29. The van der Waals surface area contributed by atoms with Gasteiger partial charge in [-0.1, -0.05) is 115 Å².